The summed E-state index contributed by atoms with van der Waals surface area (Å²) in [7, 11) is 0. The minimum absolute atomic E-state index is 0.133. The van der Waals surface area contributed by atoms with Gasteiger partial charge < -0.3 is 5.73 Å². The first-order valence-electron chi connectivity index (χ1n) is 6.02. The van der Waals surface area contributed by atoms with Crippen molar-refractivity contribution in [2.24, 2.45) is 0 Å². The lowest BCUT2D eigenvalue weighted by Crippen LogP contribution is -2.23. The fourth-order valence-electron chi connectivity index (χ4n) is 2.24. The van der Waals surface area contributed by atoms with Crippen LogP contribution in [-0.4, -0.2) is 9.55 Å². The Morgan fingerprint density at radius 1 is 1.05 bits per heavy atom. The lowest BCUT2D eigenvalue weighted by Gasteiger charge is -2.11. The van der Waals surface area contributed by atoms with E-state index in [1.54, 1.807) is 6.07 Å². The van der Waals surface area contributed by atoms with Gasteiger partial charge in [0.25, 0.3) is 5.56 Å². The monoisotopic (exact) mass is 251 g/mol. The average molecular weight is 251 g/mol. The molecule has 0 radical (unpaired) electrons. The molecule has 3 rings (SSSR count). The van der Waals surface area contributed by atoms with E-state index in [4.69, 9.17) is 5.73 Å². The molecule has 4 nitrogen and oxygen atoms in total. The number of hydrogen-bond acceptors (Lipinski definition) is 3. The smallest absolute Gasteiger partial charge is 0.267 e. The van der Waals surface area contributed by atoms with E-state index in [9.17, 15) is 4.79 Å². The topological polar surface area (TPSA) is 60.9 Å². The van der Waals surface area contributed by atoms with Gasteiger partial charge in [0.15, 0.2) is 0 Å². The van der Waals surface area contributed by atoms with Crippen LogP contribution in [0.15, 0.2) is 53.3 Å². The highest BCUT2D eigenvalue weighted by Gasteiger charge is 2.11. The quantitative estimate of drug-likeness (QED) is 0.721. The van der Waals surface area contributed by atoms with Gasteiger partial charge in [-0.3, -0.25) is 4.79 Å². The van der Waals surface area contributed by atoms with Crippen LogP contribution in [0.4, 0.5) is 5.95 Å². The Morgan fingerprint density at radius 3 is 2.53 bits per heavy atom. The number of anilines is 1. The molecule has 2 N–H and O–H groups in total. The third-order valence-electron chi connectivity index (χ3n) is 3.15. The number of aryl methyl sites for hydroxylation is 1. The van der Waals surface area contributed by atoms with Crippen LogP contribution in [-0.2, 0) is 0 Å². The summed E-state index contributed by atoms with van der Waals surface area (Å²) in [5.41, 5.74) is 8.05. The second-order valence-electron chi connectivity index (χ2n) is 4.42. The third kappa shape index (κ3) is 1.78. The zero-order valence-corrected chi connectivity index (χ0v) is 10.5. The van der Waals surface area contributed by atoms with Gasteiger partial charge in [-0.1, -0.05) is 30.3 Å². The van der Waals surface area contributed by atoms with Crippen LogP contribution in [0.25, 0.3) is 16.6 Å². The zero-order valence-electron chi connectivity index (χ0n) is 10.5. The lowest BCUT2D eigenvalue weighted by molar-refractivity contribution is 0.981. The van der Waals surface area contributed by atoms with Crippen LogP contribution < -0.4 is 11.3 Å². The van der Waals surface area contributed by atoms with E-state index in [0.717, 1.165) is 11.3 Å². The number of hydrogen-bond donors (Lipinski definition) is 1. The molecule has 0 spiro atoms. The van der Waals surface area contributed by atoms with E-state index in [1.165, 1.54) is 4.57 Å². The van der Waals surface area contributed by atoms with Crippen molar-refractivity contribution in [3.05, 3.63) is 64.4 Å². The number of rotatable bonds is 1. The van der Waals surface area contributed by atoms with Crippen molar-refractivity contribution in [1.29, 1.82) is 0 Å². The summed E-state index contributed by atoms with van der Waals surface area (Å²) in [6.45, 7) is 1.90. The molecule has 0 atom stereocenters. The van der Waals surface area contributed by atoms with Gasteiger partial charge in [0.2, 0.25) is 5.95 Å². The van der Waals surface area contributed by atoms with Gasteiger partial charge in [0.1, 0.15) is 0 Å². The number of benzene rings is 2. The SMILES string of the molecule is Cc1cccc2nc(N)n(-c3ccccc3)c(=O)c12. The van der Waals surface area contributed by atoms with Crippen molar-refractivity contribution in [3.8, 4) is 5.69 Å². The molecule has 0 unspecified atom stereocenters. The molecule has 2 aromatic carbocycles. The first kappa shape index (κ1) is 11.5. The summed E-state index contributed by atoms with van der Waals surface area (Å²) in [5, 5.41) is 0.612. The van der Waals surface area contributed by atoms with Gasteiger partial charge >= 0.3 is 0 Å². The molecule has 0 aliphatic carbocycles. The minimum Gasteiger partial charge on any atom is -0.369 e. The Bertz CT molecular complexity index is 807. The Hall–Kier alpha value is -2.62. The number of nitrogens with two attached hydrogens (primary N) is 1. The number of nitrogens with zero attached hydrogens (tertiary/aromatic N) is 2. The van der Waals surface area contributed by atoms with Crippen LogP contribution >= 0.6 is 0 Å². The van der Waals surface area contributed by atoms with E-state index in [0.29, 0.717) is 10.9 Å². The summed E-state index contributed by atoms with van der Waals surface area (Å²) < 4.78 is 1.44. The molecule has 0 amide bonds. The molecule has 1 aromatic heterocycles. The second kappa shape index (κ2) is 4.24. The van der Waals surface area contributed by atoms with Crippen molar-refractivity contribution in [2.45, 2.75) is 6.92 Å². The molecule has 3 aromatic rings. The Morgan fingerprint density at radius 2 is 1.79 bits per heavy atom. The third-order valence-corrected chi connectivity index (χ3v) is 3.15. The van der Waals surface area contributed by atoms with Gasteiger partial charge in [0, 0.05) is 0 Å². The van der Waals surface area contributed by atoms with E-state index in [1.807, 2.05) is 49.4 Å². The van der Waals surface area contributed by atoms with E-state index in [-0.39, 0.29) is 11.5 Å². The maximum absolute atomic E-state index is 12.6. The largest absolute Gasteiger partial charge is 0.369 e. The minimum atomic E-state index is -0.133. The fourth-order valence-corrected chi connectivity index (χ4v) is 2.24. The second-order valence-corrected chi connectivity index (χ2v) is 4.42. The molecule has 94 valence electrons. The maximum atomic E-state index is 12.6. The highest BCUT2D eigenvalue weighted by Crippen LogP contribution is 2.16. The van der Waals surface area contributed by atoms with Crippen LogP contribution in [0.3, 0.4) is 0 Å². The number of aromatic nitrogens is 2. The summed E-state index contributed by atoms with van der Waals surface area (Å²) in [4.78, 5) is 16.9. The molecule has 0 saturated carbocycles. The van der Waals surface area contributed by atoms with E-state index >= 15 is 0 Å². The molecule has 19 heavy (non-hydrogen) atoms. The van der Waals surface area contributed by atoms with Gasteiger partial charge in [-0.05, 0) is 30.7 Å². The standard InChI is InChI=1S/C15H13N3O/c1-10-6-5-9-12-13(10)14(19)18(15(16)17-12)11-7-3-2-4-8-11/h2-9H,1H3,(H2,16,17). The Balaban J connectivity index is 2.45. The normalized spacial score (nSPS) is 10.8. The van der Waals surface area contributed by atoms with Crippen LogP contribution in [0.1, 0.15) is 5.56 Å². The number of para-hydroxylation sites is 1. The van der Waals surface area contributed by atoms with Crippen molar-refractivity contribution >= 4 is 16.9 Å². The number of nitrogen functional groups attached to an aromatic ring is 1. The fraction of sp³-hybridized carbons (Fsp3) is 0.0667. The molecule has 1 heterocycles. The van der Waals surface area contributed by atoms with Gasteiger partial charge in [-0.15, -0.1) is 0 Å². The zero-order chi connectivity index (χ0) is 13.4. The highest BCUT2D eigenvalue weighted by atomic mass is 16.1. The van der Waals surface area contributed by atoms with E-state index in [2.05, 4.69) is 4.98 Å². The Labute approximate surface area is 110 Å². The highest BCUT2D eigenvalue weighted by molar-refractivity contribution is 5.82. The number of fused-ring (bicyclic) bond motifs is 1. The van der Waals surface area contributed by atoms with Gasteiger partial charge in [-0.2, -0.15) is 0 Å². The lowest BCUT2D eigenvalue weighted by atomic mass is 10.1. The van der Waals surface area contributed by atoms with Crippen molar-refractivity contribution < 1.29 is 0 Å². The Kier molecular flexibility index (Phi) is 2.56. The maximum Gasteiger partial charge on any atom is 0.267 e. The first-order valence-corrected chi connectivity index (χ1v) is 6.02. The molecule has 4 heteroatoms. The molecule has 0 aliphatic heterocycles. The summed E-state index contributed by atoms with van der Waals surface area (Å²) >= 11 is 0. The first-order chi connectivity index (χ1) is 9.18. The van der Waals surface area contributed by atoms with Crippen LogP contribution in [0.2, 0.25) is 0 Å². The molecule has 0 aliphatic rings. The molecule has 0 fully saturated rings. The van der Waals surface area contributed by atoms with Crippen molar-refractivity contribution in [2.75, 3.05) is 5.73 Å². The molecular formula is C15H13N3O. The van der Waals surface area contributed by atoms with Gasteiger partial charge in [0.05, 0.1) is 16.6 Å². The van der Waals surface area contributed by atoms with Gasteiger partial charge in [-0.25, -0.2) is 9.55 Å². The molecular weight excluding hydrogens is 238 g/mol. The predicted octanol–water partition coefficient (Wildman–Crippen LogP) is 2.28. The van der Waals surface area contributed by atoms with Crippen LogP contribution in [0, 0.1) is 6.92 Å². The van der Waals surface area contributed by atoms with E-state index < -0.39 is 0 Å². The van der Waals surface area contributed by atoms with Crippen LogP contribution in [0.5, 0.6) is 0 Å². The average Bonchev–Trinajstić information content (AvgIpc) is 2.39. The molecule has 0 saturated heterocycles. The van der Waals surface area contributed by atoms with Crippen molar-refractivity contribution in [1.82, 2.24) is 9.55 Å². The van der Waals surface area contributed by atoms with Crippen molar-refractivity contribution in [3.63, 3.8) is 0 Å². The molecule has 0 bridgehead atoms. The summed E-state index contributed by atoms with van der Waals surface area (Å²) in [6.07, 6.45) is 0. The summed E-state index contributed by atoms with van der Waals surface area (Å²) in [6, 6.07) is 14.9. The summed E-state index contributed by atoms with van der Waals surface area (Å²) in [5.74, 6) is 0.203. The predicted molar refractivity (Wildman–Crippen MR) is 76.5 cm³/mol.